The van der Waals surface area contributed by atoms with E-state index in [-0.39, 0.29) is 16.2 Å². The monoisotopic (exact) mass is 457 g/mol. The van der Waals surface area contributed by atoms with E-state index in [2.05, 4.69) is 4.98 Å². The summed E-state index contributed by atoms with van der Waals surface area (Å²) >= 11 is 2.10. The molecule has 3 heterocycles. The summed E-state index contributed by atoms with van der Waals surface area (Å²) in [7, 11) is 0. The number of hydrogen-bond donors (Lipinski definition) is 1. The Hall–Kier alpha value is -3.31. The summed E-state index contributed by atoms with van der Waals surface area (Å²) in [5.41, 5.74) is 0.712. The molecule has 0 unspecified atom stereocenters. The van der Waals surface area contributed by atoms with Crippen LogP contribution in [0.3, 0.4) is 0 Å². The van der Waals surface area contributed by atoms with Crippen molar-refractivity contribution in [1.82, 2.24) is 4.98 Å². The first kappa shape index (κ1) is 19.6. The molecule has 0 saturated carbocycles. The number of imide groups is 1. The lowest BCUT2D eigenvalue weighted by Gasteiger charge is -2.29. The van der Waals surface area contributed by atoms with E-state index >= 15 is 0 Å². The SMILES string of the molecule is O=C1[C@H]2[C@H](c3ccc(F)cc3)c3sc(=O)[nH]c3S[C@H]2C(=O)N1c1ccc([N+](=O)[O-])cc1. The van der Waals surface area contributed by atoms with Crippen LogP contribution in [0.25, 0.3) is 0 Å². The third kappa shape index (κ3) is 3.08. The van der Waals surface area contributed by atoms with Gasteiger partial charge in [-0.15, -0.1) is 0 Å². The molecule has 1 fully saturated rings. The maximum absolute atomic E-state index is 13.5. The molecule has 8 nitrogen and oxygen atoms in total. The predicted octanol–water partition coefficient (Wildman–Crippen LogP) is 3.28. The molecule has 2 aromatic carbocycles. The molecule has 5 rings (SSSR count). The van der Waals surface area contributed by atoms with E-state index in [1.807, 2.05) is 0 Å². The van der Waals surface area contributed by atoms with Crippen molar-refractivity contribution >= 4 is 46.3 Å². The fraction of sp³-hybridized carbons (Fsp3) is 0.150. The Morgan fingerprint density at radius 1 is 1.00 bits per heavy atom. The van der Waals surface area contributed by atoms with Crippen LogP contribution in [-0.4, -0.2) is 27.0 Å². The summed E-state index contributed by atoms with van der Waals surface area (Å²) in [6.07, 6.45) is 0. The van der Waals surface area contributed by atoms with Crippen LogP contribution in [0.5, 0.6) is 0 Å². The minimum absolute atomic E-state index is 0.154. The Bertz CT molecular complexity index is 1290. The van der Waals surface area contributed by atoms with Crippen LogP contribution < -0.4 is 9.77 Å². The van der Waals surface area contributed by atoms with Gasteiger partial charge >= 0.3 is 4.87 Å². The molecule has 0 bridgehead atoms. The molecular weight excluding hydrogens is 445 g/mol. The molecular formula is C20H12FN3O5S2. The van der Waals surface area contributed by atoms with Gasteiger partial charge in [-0.1, -0.05) is 35.2 Å². The number of nitro benzene ring substituents is 1. The Kier molecular flexibility index (Phi) is 4.52. The minimum Gasteiger partial charge on any atom is -0.307 e. The molecule has 3 atom stereocenters. The standard InChI is InChI=1S/C20H12FN3O5S2/c21-10-3-1-9(2-4-10)13-14-16(30-17-15(13)31-20(27)22-17)19(26)23(18(14)25)11-5-7-12(8-6-11)24(28)29/h1-8,13-14,16H,(H,22,27)/t13-,14-,16+/m0/s1. The first-order valence-electron chi connectivity index (χ1n) is 9.12. The zero-order valence-corrected chi connectivity index (χ0v) is 17.1. The molecule has 1 saturated heterocycles. The summed E-state index contributed by atoms with van der Waals surface area (Å²) in [6, 6.07) is 10.8. The van der Waals surface area contributed by atoms with Gasteiger partial charge in [0.25, 0.3) is 5.69 Å². The number of rotatable bonds is 3. The number of nitrogens with one attached hydrogen (secondary N) is 1. The van der Waals surface area contributed by atoms with E-state index in [9.17, 15) is 28.9 Å². The maximum Gasteiger partial charge on any atom is 0.305 e. The molecule has 3 aromatic rings. The first-order valence-corrected chi connectivity index (χ1v) is 10.8. The fourth-order valence-corrected chi connectivity index (χ4v) is 6.54. The number of thiazole rings is 1. The van der Waals surface area contributed by atoms with Gasteiger partial charge in [-0.05, 0) is 29.8 Å². The van der Waals surface area contributed by atoms with Crippen LogP contribution in [0.2, 0.25) is 0 Å². The molecule has 1 N–H and O–H groups in total. The highest BCUT2D eigenvalue weighted by Crippen LogP contribution is 2.53. The Morgan fingerprint density at radius 2 is 1.68 bits per heavy atom. The summed E-state index contributed by atoms with van der Waals surface area (Å²) in [5.74, 6) is -2.74. The number of hydrogen-bond acceptors (Lipinski definition) is 7. The molecule has 156 valence electrons. The molecule has 1 aromatic heterocycles. The summed E-state index contributed by atoms with van der Waals surface area (Å²) < 4.78 is 13.5. The van der Waals surface area contributed by atoms with E-state index in [4.69, 9.17) is 0 Å². The van der Waals surface area contributed by atoms with Crippen molar-refractivity contribution in [2.45, 2.75) is 16.2 Å². The zero-order valence-electron chi connectivity index (χ0n) is 15.5. The smallest absolute Gasteiger partial charge is 0.305 e. The van der Waals surface area contributed by atoms with E-state index in [1.165, 1.54) is 36.4 Å². The number of carbonyl (C=O) groups is 2. The van der Waals surface area contributed by atoms with Gasteiger partial charge in [0.15, 0.2) is 0 Å². The fourth-order valence-electron chi connectivity index (χ4n) is 4.02. The van der Waals surface area contributed by atoms with Crippen molar-refractivity contribution < 1.29 is 18.9 Å². The Labute approximate surface area is 181 Å². The van der Waals surface area contributed by atoms with Gasteiger partial charge in [-0.25, -0.2) is 9.29 Å². The van der Waals surface area contributed by atoms with E-state index in [0.29, 0.717) is 15.5 Å². The van der Waals surface area contributed by atoms with E-state index < -0.39 is 39.6 Å². The van der Waals surface area contributed by atoms with Crippen molar-refractivity contribution in [3.05, 3.63) is 84.6 Å². The van der Waals surface area contributed by atoms with Crippen LogP contribution in [0.15, 0.2) is 58.4 Å². The molecule has 2 aliphatic heterocycles. The second kappa shape index (κ2) is 7.13. The number of carbonyl (C=O) groups excluding carboxylic acids is 2. The molecule has 0 radical (unpaired) electrons. The summed E-state index contributed by atoms with van der Waals surface area (Å²) in [4.78, 5) is 53.1. The quantitative estimate of drug-likeness (QED) is 0.367. The highest BCUT2D eigenvalue weighted by atomic mass is 32.2. The number of non-ortho nitro benzene ring substituents is 1. The lowest BCUT2D eigenvalue weighted by atomic mass is 9.83. The van der Waals surface area contributed by atoms with Crippen molar-refractivity contribution in [1.29, 1.82) is 0 Å². The number of aromatic nitrogens is 1. The number of aromatic amines is 1. The van der Waals surface area contributed by atoms with Crippen LogP contribution >= 0.6 is 23.1 Å². The summed E-state index contributed by atoms with van der Waals surface area (Å²) in [5, 5.41) is 10.7. The van der Waals surface area contributed by atoms with Crippen LogP contribution in [-0.2, 0) is 9.59 Å². The molecule has 0 spiro atoms. The summed E-state index contributed by atoms with van der Waals surface area (Å²) in [6.45, 7) is 0. The van der Waals surface area contributed by atoms with Gasteiger partial charge in [0, 0.05) is 22.9 Å². The Balaban J connectivity index is 1.60. The van der Waals surface area contributed by atoms with Crippen LogP contribution in [0.1, 0.15) is 16.4 Å². The molecule has 31 heavy (non-hydrogen) atoms. The number of H-pyrrole nitrogens is 1. The molecule has 2 amide bonds. The van der Waals surface area contributed by atoms with Gasteiger partial charge in [0.05, 0.1) is 21.6 Å². The van der Waals surface area contributed by atoms with Gasteiger partial charge in [0.1, 0.15) is 11.1 Å². The number of fused-ring (bicyclic) bond motifs is 2. The third-order valence-electron chi connectivity index (χ3n) is 5.37. The highest BCUT2D eigenvalue weighted by Gasteiger charge is 2.56. The van der Waals surface area contributed by atoms with Gasteiger partial charge in [-0.2, -0.15) is 0 Å². The number of amides is 2. The predicted molar refractivity (Wildman–Crippen MR) is 112 cm³/mol. The van der Waals surface area contributed by atoms with E-state index in [1.54, 1.807) is 12.1 Å². The van der Waals surface area contributed by atoms with Gasteiger partial charge in [0.2, 0.25) is 11.8 Å². The zero-order chi connectivity index (χ0) is 21.9. The normalized spacial score (nSPS) is 22.4. The number of nitro groups is 1. The second-order valence-corrected chi connectivity index (χ2v) is 9.25. The van der Waals surface area contributed by atoms with Crippen LogP contribution in [0, 0.1) is 21.8 Å². The van der Waals surface area contributed by atoms with Crippen molar-refractivity contribution in [2.24, 2.45) is 5.92 Å². The van der Waals surface area contributed by atoms with Crippen LogP contribution in [0.4, 0.5) is 15.8 Å². The van der Waals surface area contributed by atoms with Gasteiger partial charge < -0.3 is 4.98 Å². The largest absolute Gasteiger partial charge is 0.307 e. The molecule has 11 heteroatoms. The third-order valence-corrected chi connectivity index (χ3v) is 7.77. The molecule has 0 aliphatic carbocycles. The number of anilines is 1. The molecule has 2 aliphatic rings. The number of thioether (sulfide) groups is 1. The maximum atomic E-state index is 13.5. The number of halogens is 1. The van der Waals surface area contributed by atoms with E-state index in [0.717, 1.165) is 28.0 Å². The lowest BCUT2D eigenvalue weighted by Crippen LogP contribution is -2.32. The number of nitrogens with zero attached hydrogens (tertiary/aromatic N) is 2. The minimum atomic E-state index is -0.794. The highest BCUT2D eigenvalue weighted by molar-refractivity contribution is 8.00. The average Bonchev–Trinajstić information content (AvgIpc) is 3.23. The van der Waals surface area contributed by atoms with Crippen molar-refractivity contribution in [2.75, 3.05) is 4.90 Å². The van der Waals surface area contributed by atoms with Gasteiger partial charge in [-0.3, -0.25) is 24.5 Å². The Morgan fingerprint density at radius 3 is 2.32 bits per heavy atom. The second-order valence-electron chi connectivity index (χ2n) is 7.09. The topological polar surface area (TPSA) is 113 Å². The lowest BCUT2D eigenvalue weighted by molar-refractivity contribution is -0.384. The number of benzene rings is 2. The van der Waals surface area contributed by atoms with Crippen molar-refractivity contribution in [3.8, 4) is 0 Å². The first-order chi connectivity index (χ1) is 14.8. The average molecular weight is 457 g/mol. The van der Waals surface area contributed by atoms with Crippen molar-refractivity contribution in [3.63, 3.8) is 0 Å².